The highest BCUT2D eigenvalue weighted by molar-refractivity contribution is 9.10. The number of halogens is 3. The van der Waals surface area contributed by atoms with Gasteiger partial charge in [0.2, 0.25) is 5.91 Å². The molecule has 0 radical (unpaired) electrons. The largest absolute Gasteiger partial charge is 0.482 e. The van der Waals surface area contributed by atoms with Gasteiger partial charge >= 0.3 is 0 Å². The van der Waals surface area contributed by atoms with E-state index in [1.807, 2.05) is 39.0 Å². The summed E-state index contributed by atoms with van der Waals surface area (Å²) in [7, 11) is 0. The molecule has 1 atom stereocenters. The Labute approximate surface area is 202 Å². The van der Waals surface area contributed by atoms with E-state index in [0.717, 1.165) is 10.0 Å². The second-order valence-electron chi connectivity index (χ2n) is 7.54. The Morgan fingerprint density at radius 3 is 2.45 bits per heavy atom. The first-order chi connectivity index (χ1) is 14.7. The van der Waals surface area contributed by atoms with Gasteiger partial charge in [-0.15, -0.1) is 0 Å². The molecular formula is C23H27BrCl2N2O3. The summed E-state index contributed by atoms with van der Waals surface area (Å²) >= 11 is 15.9. The molecule has 0 spiro atoms. The second-order valence-corrected chi connectivity index (χ2v) is 9.27. The SMILES string of the molecule is CC[C@@H](C(=O)NCC(C)C)N(Cc1ccccc1Cl)C(=O)COc1ccc(Br)cc1Cl. The van der Waals surface area contributed by atoms with E-state index >= 15 is 0 Å². The minimum absolute atomic E-state index is 0.196. The summed E-state index contributed by atoms with van der Waals surface area (Å²) in [5, 5.41) is 3.85. The van der Waals surface area contributed by atoms with Crippen molar-refractivity contribution in [3.8, 4) is 5.75 Å². The molecule has 0 saturated heterocycles. The number of nitrogens with zero attached hydrogens (tertiary/aromatic N) is 1. The molecule has 1 N–H and O–H groups in total. The molecule has 0 aliphatic heterocycles. The number of benzene rings is 2. The molecule has 0 aliphatic carbocycles. The summed E-state index contributed by atoms with van der Waals surface area (Å²) in [4.78, 5) is 27.6. The lowest BCUT2D eigenvalue weighted by Crippen LogP contribution is -2.50. The van der Waals surface area contributed by atoms with Crippen molar-refractivity contribution in [1.29, 1.82) is 0 Å². The summed E-state index contributed by atoms with van der Waals surface area (Å²) in [5.41, 5.74) is 0.759. The van der Waals surface area contributed by atoms with Crippen LogP contribution in [-0.4, -0.2) is 35.9 Å². The Morgan fingerprint density at radius 2 is 1.84 bits per heavy atom. The highest BCUT2D eigenvalue weighted by atomic mass is 79.9. The van der Waals surface area contributed by atoms with E-state index in [4.69, 9.17) is 27.9 Å². The van der Waals surface area contributed by atoms with Gasteiger partial charge in [-0.1, -0.05) is 78.1 Å². The van der Waals surface area contributed by atoms with E-state index in [1.54, 1.807) is 24.3 Å². The maximum Gasteiger partial charge on any atom is 0.261 e. The van der Waals surface area contributed by atoms with Gasteiger partial charge in [0, 0.05) is 22.6 Å². The Morgan fingerprint density at radius 1 is 1.13 bits per heavy atom. The Hall–Kier alpha value is -1.76. The highest BCUT2D eigenvalue weighted by Crippen LogP contribution is 2.28. The van der Waals surface area contributed by atoms with Crippen molar-refractivity contribution in [2.75, 3.05) is 13.2 Å². The third-order valence-electron chi connectivity index (χ3n) is 4.61. The van der Waals surface area contributed by atoms with Crippen molar-refractivity contribution in [3.05, 3.63) is 62.5 Å². The number of rotatable bonds is 10. The molecule has 0 fully saturated rings. The summed E-state index contributed by atoms with van der Waals surface area (Å²) in [5.74, 6) is 0.175. The molecule has 8 heteroatoms. The number of amides is 2. The van der Waals surface area contributed by atoms with Gasteiger partial charge in [-0.25, -0.2) is 0 Å². The molecule has 2 aromatic carbocycles. The lowest BCUT2D eigenvalue weighted by molar-refractivity contribution is -0.143. The molecule has 2 aromatic rings. The molecule has 0 unspecified atom stereocenters. The van der Waals surface area contributed by atoms with Gasteiger partial charge < -0.3 is 15.0 Å². The van der Waals surface area contributed by atoms with E-state index in [1.165, 1.54) is 4.90 Å². The number of carbonyl (C=O) groups excluding carboxylic acids is 2. The van der Waals surface area contributed by atoms with Crippen LogP contribution in [-0.2, 0) is 16.1 Å². The molecule has 0 bridgehead atoms. The van der Waals surface area contributed by atoms with Crippen LogP contribution in [0.15, 0.2) is 46.9 Å². The van der Waals surface area contributed by atoms with Crippen LogP contribution in [0.4, 0.5) is 0 Å². The maximum atomic E-state index is 13.2. The zero-order valence-corrected chi connectivity index (χ0v) is 20.9. The van der Waals surface area contributed by atoms with Crippen molar-refractivity contribution in [1.82, 2.24) is 10.2 Å². The average molecular weight is 530 g/mol. The molecule has 0 aromatic heterocycles. The van der Waals surface area contributed by atoms with Crippen molar-refractivity contribution in [2.45, 2.75) is 39.8 Å². The van der Waals surface area contributed by atoms with E-state index < -0.39 is 6.04 Å². The van der Waals surface area contributed by atoms with Crippen LogP contribution < -0.4 is 10.1 Å². The fraction of sp³-hybridized carbons (Fsp3) is 0.391. The van der Waals surface area contributed by atoms with Gasteiger partial charge in [0.25, 0.3) is 5.91 Å². The van der Waals surface area contributed by atoms with Crippen LogP contribution in [0.2, 0.25) is 10.0 Å². The molecule has 5 nitrogen and oxygen atoms in total. The summed E-state index contributed by atoms with van der Waals surface area (Å²) in [6.07, 6.45) is 0.458. The molecule has 168 valence electrons. The fourth-order valence-electron chi connectivity index (χ4n) is 2.97. The Bertz CT molecular complexity index is 908. The predicted octanol–water partition coefficient (Wildman–Crippen LogP) is 5.71. The quantitative estimate of drug-likeness (QED) is 0.428. The zero-order valence-electron chi connectivity index (χ0n) is 17.8. The lowest BCUT2D eigenvalue weighted by Gasteiger charge is -2.31. The van der Waals surface area contributed by atoms with Crippen LogP contribution in [0.5, 0.6) is 5.75 Å². The third kappa shape index (κ3) is 7.70. The first kappa shape index (κ1) is 25.5. The van der Waals surface area contributed by atoms with Crippen molar-refractivity contribution in [3.63, 3.8) is 0 Å². The van der Waals surface area contributed by atoms with E-state index in [0.29, 0.717) is 34.7 Å². The zero-order chi connectivity index (χ0) is 23.0. The first-order valence-electron chi connectivity index (χ1n) is 10.1. The molecular weight excluding hydrogens is 503 g/mol. The number of hydrogen-bond acceptors (Lipinski definition) is 3. The topological polar surface area (TPSA) is 58.6 Å². The van der Waals surface area contributed by atoms with Gasteiger partial charge in [0.15, 0.2) is 6.61 Å². The minimum atomic E-state index is -0.647. The molecule has 0 heterocycles. The summed E-state index contributed by atoms with van der Waals surface area (Å²) in [6.45, 7) is 6.39. The monoisotopic (exact) mass is 528 g/mol. The molecule has 2 rings (SSSR count). The van der Waals surface area contributed by atoms with Crippen molar-refractivity contribution in [2.24, 2.45) is 5.92 Å². The van der Waals surface area contributed by atoms with Gasteiger partial charge in [-0.3, -0.25) is 9.59 Å². The molecule has 31 heavy (non-hydrogen) atoms. The smallest absolute Gasteiger partial charge is 0.261 e. The minimum Gasteiger partial charge on any atom is -0.482 e. The third-order valence-corrected chi connectivity index (χ3v) is 5.77. The fourth-order valence-corrected chi connectivity index (χ4v) is 3.89. The maximum absolute atomic E-state index is 13.2. The van der Waals surface area contributed by atoms with Crippen LogP contribution in [0, 0.1) is 5.92 Å². The molecule has 0 aliphatic rings. The number of carbonyl (C=O) groups is 2. The predicted molar refractivity (Wildman–Crippen MR) is 129 cm³/mol. The second kappa shape index (κ2) is 12.3. The molecule has 2 amide bonds. The summed E-state index contributed by atoms with van der Waals surface area (Å²) in [6, 6.07) is 11.8. The number of nitrogens with one attached hydrogen (secondary N) is 1. The summed E-state index contributed by atoms with van der Waals surface area (Å²) < 4.78 is 6.48. The van der Waals surface area contributed by atoms with E-state index in [2.05, 4.69) is 21.2 Å². The normalized spacial score (nSPS) is 11.8. The average Bonchev–Trinajstić information content (AvgIpc) is 2.72. The molecule has 0 saturated carbocycles. The van der Waals surface area contributed by atoms with Crippen molar-refractivity contribution >= 4 is 50.9 Å². The lowest BCUT2D eigenvalue weighted by atomic mass is 10.1. The first-order valence-corrected chi connectivity index (χ1v) is 11.7. The van der Waals surface area contributed by atoms with Crippen LogP contribution in [0.3, 0.4) is 0 Å². The van der Waals surface area contributed by atoms with Gasteiger partial charge in [0.05, 0.1) is 5.02 Å². The van der Waals surface area contributed by atoms with Crippen molar-refractivity contribution < 1.29 is 14.3 Å². The Balaban J connectivity index is 2.23. The van der Waals surface area contributed by atoms with Gasteiger partial charge in [-0.2, -0.15) is 0 Å². The Kier molecular flexibility index (Phi) is 10.1. The number of hydrogen-bond donors (Lipinski definition) is 1. The standard InChI is InChI=1S/C23H27BrCl2N2O3/c1-4-20(23(30)27-12-15(2)3)28(13-16-7-5-6-8-18(16)25)22(29)14-31-21-10-9-17(24)11-19(21)26/h5-11,15,20H,4,12-14H2,1-3H3,(H,27,30)/t20-/m0/s1. The van der Waals surface area contributed by atoms with Crippen LogP contribution in [0.1, 0.15) is 32.8 Å². The van der Waals surface area contributed by atoms with E-state index in [-0.39, 0.29) is 25.0 Å². The number of ether oxygens (including phenoxy) is 1. The van der Waals surface area contributed by atoms with Gasteiger partial charge in [-0.05, 0) is 42.2 Å². The van der Waals surface area contributed by atoms with Gasteiger partial charge in [0.1, 0.15) is 11.8 Å². The van der Waals surface area contributed by atoms with Crippen LogP contribution >= 0.6 is 39.1 Å². The highest BCUT2D eigenvalue weighted by Gasteiger charge is 2.29. The van der Waals surface area contributed by atoms with Crippen LogP contribution in [0.25, 0.3) is 0 Å². The van der Waals surface area contributed by atoms with E-state index in [9.17, 15) is 9.59 Å².